The Morgan fingerprint density at radius 3 is 2.76 bits per heavy atom. The minimum absolute atomic E-state index is 0.00186. The van der Waals surface area contributed by atoms with Crippen molar-refractivity contribution in [2.75, 3.05) is 38.2 Å². The van der Waals surface area contributed by atoms with Gasteiger partial charge < -0.3 is 10.1 Å². The lowest BCUT2D eigenvalue weighted by molar-refractivity contribution is -0.384. The Hall–Kier alpha value is -1.99. The number of anilines is 1. The third-order valence-corrected chi connectivity index (χ3v) is 3.30. The van der Waals surface area contributed by atoms with Gasteiger partial charge in [0.2, 0.25) is 0 Å². The zero-order valence-electron chi connectivity index (χ0n) is 12.0. The van der Waals surface area contributed by atoms with Gasteiger partial charge in [-0.2, -0.15) is 0 Å². The first kappa shape index (κ1) is 15.4. The number of Topliss-reactive ketones (excluding diaryl/α,β-unsaturated/α-hetero) is 1. The second kappa shape index (κ2) is 7.14. The molecule has 0 atom stereocenters. The number of nitro groups is 1. The van der Waals surface area contributed by atoms with E-state index in [0.29, 0.717) is 25.4 Å². The van der Waals surface area contributed by atoms with Crippen LogP contribution in [0.1, 0.15) is 12.5 Å². The molecule has 0 spiro atoms. The largest absolute Gasteiger partial charge is 0.379 e. The molecule has 21 heavy (non-hydrogen) atoms. The second-order valence-electron chi connectivity index (χ2n) is 5.05. The molecule has 0 unspecified atom stereocenters. The molecule has 0 amide bonds. The van der Waals surface area contributed by atoms with Crippen LogP contribution in [-0.2, 0) is 16.1 Å². The molecule has 114 valence electrons. The van der Waals surface area contributed by atoms with Gasteiger partial charge in [0.25, 0.3) is 5.69 Å². The molecule has 1 aromatic carbocycles. The van der Waals surface area contributed by atoms with Gasteiger partial charge in [0, 0.05) is 25.7 Å². The fraction of sp³-hybridized carbons (Fsp3) is 0.500. The molecule has 2 rings (SSSR count). The van der Waals surface area contributed by atoms with E-state index in [1.165, 1.54) is 6.92 Å². The van der Waals surface area contributed by atoms with Crippen molar-refractivity contribution < 1.29 is 14.5 Å². The maximum Gasteiger partial charge on any atom is 0.292 e. The third kappa shape index (κ3) is 4.51. The molecule has 1 aromatic rings. The summed E-state index contributed by atoms with van der Waals surface area (Å²) in [5.74, 6) is -0.0679. The number of nitro benzene ring substituents is 1. The van der Waals surface area contributed by atoms with Gasteiger partial charge in [-0.1, -0.05) is 6.07 Å². The number of nitrogens with one attached hydrogen (secondary N) is 1. The Morgan fingerprint density at radius 1 is 1.43 bits per heavy atom. The van der Waals surface area contributed by atoms with Gasteiger partial charge in [-0.05, 0) is 18.6 Å². The van der Waals surface area contributed by atoms with Crippen molar-refractivity contribution in [3.05, 3.63) is 33.9 Å². The summed E-state index contributed by atoms with van der Waals surface area (Å²) in [4.78, 5) is 23.9. The lowest BCUT2D eigenvalue weighted by Crippen LogP contribution is -2.35. The summed E-state index contributed by atoms with van der Waals surface area (Å²) in [6.07, 6.45) is 0. The molecular weight excluding hydrogens is 274 g/mol. The highest BCUT2D eigenvalue weighted by molar-refractivity contribution is 5.81. The molecule has 1 N–H and O–H groups in total. The smallest absolute Gasteiger partial charge is 0.292 e. The Bertz CT molecular complexity index is 527. The van der Waals surface area contributed by atoms with E-state index >= 15 is 0 Å². The fourth-order valence-electron chi connectivity index (χ4n) is 2.21. The monoisotopic (exact) mass is 293 g/mol. The molecule has 7 heteroatoms. The Labute approximate surface area is 123 Å². The molecule has 0 aliphatic carbocycles. The number of rotatable bonds is 6. The van der Waals surface area contributed by atoms with Crippen LogP contribution in [0.5, 0.6) is 0 Å². The highest BCUT2D eigenvalue weighted by atomic mass is 16.6. The van der Waals surface area contributed by atoms with Crippen molar-refractivity contribution in [2.24, 2.45) is 0 Å². The summed E-state index contributed by atoms with van der Waals surface area (Å²) < 4.78 is 5.28. The van der Waals surface area contributed by atoms with Crippen molar-refractivity contribution in [1.29, 1.82) is 0 Å². The molecule has 0 aromatic heterocycles. The predicted octanol–water partition coefficient (Wildman–Crippen LogP) is 1.43. The quantitative estimate of drug-likeness (QED) is 0.631. The Kier molecular flexibility index (Phi) is 5.24. The number of nitrogens with zero attached hydrogens (tertiary/aromatic N) is 2. The summed E-state index contributed by atoms with van der Waals surface area (Å²) in [5, 5.41) is 14.0. The van der Waals surface area contributed by atoms with Crippen LogP contribution >= 0.6 is 0 Å². The highest BCUT2D eigenvalue weighted by Crippen LogP contribution is 2.26. The highest BCUT2D eigenvalue weighted by Gasteiger charge is 2.17. The number of ketones is 1. The van der Waals surface area contributed by atoms with Crippen LogP contribution in [0.25, 0.3) is 0 Å². The molecule has 1 aliphatic rings. The van der Waals surface area contributed by atoms with E-state index in [1.807, 2.05) is 6.07 Å². The van der Waals surface area contributed by atoms with Crippen LogP contribution in [0.15, 0.2) is 18.2 Å². The van der Waals surface area contributed by atoms with Crippen molar-refractivity contribution in [3.63, 3.8) is 0 Å². The SMILES string of the molecule is CC(=O)CNc1ccc(CN2CCOCC2)cc1[N+](=O)[O-]. The number of carbonyl (C=O) groups excluding carboxylic acids is 1. The zero-order chi connectivity index (χ0) is 15.2. The third-order valence-electron chi connectivity index (χ3n) is 3.30. The van der Waals surface area contributed by atoms with Gasteiger partial charge >= 0.3 is 0 Å². The van der Waals surface area contributed by atoms with Crippen LogP contribution in [-0.4, -0.2) is 48.5 Å². The zero-order valence-corrected chi connectivity index (χ0v) is 12.0. The standard InChI is InChI=1S/C14H19N3O4/c1-11(18)9-15-13-3-2-12(8-14(13)17(19)20)10-16-4-6-21-7-5-16/h2-3,8,15H,4-7,9-10H2,1H3. The van der Waals surface area contributed by atoms with Gasteiger partial charge in [0.1, 0.15) is 11.5 Å². The van der Waals surface area contributed by atoms with E-state index < -0.39 is 4.92 Å². The topological polar surface area (TPSA) is 84.7 Å². The maximum atomic E-state index is 11.2. The van der Waals surface area contributed by atoms with Crippen molar-refractivity contribution in [3.8, 4) is 0 Å². The second-order valence-corrected chi connectivity index (χ2v) is 5.05. The molecule has 0 saturated carbocycles. The van der Waals surface area contributed by atoms with E-state index in [4.69, 9.17) is 4.74 Å². The average Bonchev–Trinajstić information content (AvgIpc) is 2.46. The number of hydrogen-bond acceptors (Lipinski definition) is 6. The summed E-state index contributed by atoms with van der Waals surface area (Å²) in [6.45, 7) is 5.24. The first-order valence-electron chi connectivity index (χ1n) is 6.87. The van der Waals surface area contributed by atoms with Crippen LogP contribution in [0.3, 0.4) is 0 Å². The Balaban J connectivity index is 2.11. The van der Waals surface area contributed by atoms with Gasteiger partial charge in [-0.25, -0.2) is 0 Å². The minimum atomic E-state index is -0.425. The molecule has 0 radical (unpaired) electrons. The molecule has 1 aliphatic heterocycles. The fourth-order valence-corrected chi connectivity index (χ4v) is 2.21. The van der Waals surface area contributed by atoms with Crippen LogP contribution in [0.4, 0.5) is 11.4 Å². The van der Waals surface area contributed by atoms with Crippen LogP contribution < -0.4 is 5.32 Å². The first-order valence-corrected chi connectivity index (χ1v) is 6.87. The van der Waals surface area contributed by atoms with Gasteiger partial charge in [-0.15, -0.1) is 0 Å². The van der Waals surface area contributed by atoms with Gasteiger partial charge in [0.05, 0.1) is 24.7 Å². The van der Waals surface area contributed by atoms with E-state index in [0.717, 1.165) is 18.7 Å². The Morgan fingerprint density at radius 2 is 2.14 bits per heavy atom. The molecule has 1 saturated heterocycles. The number of hydrogen-bond donors (Lipinski definition) is 1. The number of benzene rings is 1. The minimum Gasteiger partial charge on any atom is -0.379 e. The lowest BCUT2D eigenvalue weighted by Gasteiger charge is -2.26. The van der Waals surface area contributed by atoms with Gasteiger partial charge in [-0.3, -0.25) is 19.8 Å². The molecule has 1 fully saturated rings. The summed E-state index contributed by atoms with van der Waals surface area (Å²) in [5.41, 5.74) is 1.26. The van der Waals surface area contributed by atoms with Crippen LogP contribution in [0.2, 0.25) is 0 Å². The first-order chi connectivity index (χ1) is 10.1. The summed E-state index contributed by atoms with van der Waals surface area (Å²) in [7, 11) is 0. The number of carbonyl (C=O) groups is 1. The lowest BCUT2D eigenvalue weighted by atomic mass is 10.1. The molecular formula is C14H19N3O4. The van der Waals surface area contributed by atoms with Crippen molar-refractivity contribution in [1.82, 2.24) is 4.90 Å². The normalized spacial score (nSPS) is 15.7. The van der Waals surface area contributed by atoms with Crippen LogP contribution in [0, 0.1) is 10.1 Å². The van der Waals surface area contributed by atoms with E-state index in [2.05, 4.69) is 10.2 Å². The van der Waals surface area contributed by atoms with E-state index in [-0.39, 0.29) is 18.0 Å². The summed E-state index contributed by atoms with van der Waals surface area (Å²) >= 11 is 0. The summed E-state index contributed by atoms with van der Waals surface area (Å²) in [6, 6.07) is 5.08. The maximum absolute atomic E-state index is 11.2. The average molecular weight is 293 g/mol. The van der Waals surface area contributed by atoms with Crippen molar-refractivity contribution in [2.45, 2.75) is 13.5 Å². The van der Waals surface area contributed by atoms with Gasteiger partial charge in [0.15, 0.2) is 0 Å². The van der Waals surface area contributed by atoms with E-state index in [1.54, 1.807) is 12.1 Å². The van der Waals surface area contributed by atoms with Crippen molar-refractivity contribution >= 4 is 17.2 Å². The predicted molar refractivity (Wildman–Crippen MR) is 78.4 cm³/mol. The number of ether oxygens (including phenoxy) is 1. The molecule has 0 bridgehead atoms. The molecule has 1 heterocycles. The number of morpholine rings is 1. The molecule has 7 nitrogen and oxygen atoms in total. The van der Waals surface area contributed by atoms with E-state index in [9.17, 15) is 14.9 Å².